The van der Waals surface area contributed by atoms with Crippen LogP contribution in [0.4, 0.5) is 0 Å². The molecule has 0 amide bonds. The maximum absolute atomic E-state index is 9.58. The maximum atomic E-state index is 9.58. The molecule has 0 bridgehead atoms. The largest absolute Gasteiger partial charge is 0.378 e. The van der Waals surface area contributed by atoms with E-state index in [-0.39, 0.29) is 6.23 Å². The van der Waals surface area contributed by atoms with Crippen molar-refractivity contribution in [2.75, 3.05) is 13.1 Å². The van der Waals surface area contributed by atoms with Gasteiger partial charge in [0.25, 0.3) is 0 Å². The summed E-state index contributed by atoms with van der Waals surface area (Å²) in [6.45, 7) is 4.29. The highest BCUT2D eigenvalue weighted by Crippen LogP contribution is 2.27. The molecule has 2 rings (SSSR count). The van der Waals surface area contributed by atoms with Crippen LogP contribution in [0.5, 0.6) is 0 Å². The number of hydrogen-bond acceptors (Lipinski definition) is 3. The Morgan fingerprint density at radius 2 is 2.25 bits per heavy atom. The standard InChI is InChI=1S/C9H18N2O/c1-6-4-7-2-3-10-5-8(7)11-9(6)12/h6-12H,2-5H2,1H3. The van der Waals surface area contributed by atoms with E-state index in [1.807, 2.05) is 0 Å². The molecule has 0 saturated carbocycles. The molecule has 4 unspecified atom stereocenters. The van der Waals surface area contributed by atoms with Gasteiger partial charge in [0, 0.05) is 12.6 Å². The Balaban J connectivity index is 1.98. The molecular formula is C9H18N2O. The number of hydrogen-bond donors (Lipinski definition) is 3. The molecule has 0 aromatic heterocycles. The number of rotatable bonds is 0. The van der Waals surface area contributed by atoms with Crippen LogP contribution < -0.4 is 10.6 Å². The van der Waals surface area contributed by atoms with Crippen LogP contribution >= 0.6 is 0 Å². The topological polar surface area (TPSA) is 44.3 Å². The van der Waals surface area contributed by atoms with Gasteiger partial charge in [0.05, 0.1) is 0 Å². The van der Waals surface area contributed by atoms with E-state index >= 15 is 0 Å². The first kappa shape index (κ1) is 8.48. The van der Waals surface area contributed by atoms with Gasteiger partial charge in [-0.1, -0.05) is 6.92 Å². The highest BCUT2D eigenvalue weighted by atomic mass is 16.3. The fraction of sp³-hybridized carbons (Fsp3) is 1.00. The van der Waals surface area contributed by atoms with Gasteiger partial charge in [-0.25, -0.2) is 0 Å². The highest BCUT2D eigenvalue weighted by Gasteiger charge is 2.34. The molecule has 2 aliphatic heterocycles. The minimum absolute atomic E-state index is 0.286. The zero-order valence-electron chi connectivity index (χ0n) is 7.59. The Hall–Kier alpha value is -0.120. The van der Waals surface area contributed by atoms with Gasteiger partial charge in [-0.3, -0.25) is 5.32 Å². The summed E-state index contributed by atoms with van der Waals surface area (Å²) in [4.78, 5) is 0. The third-order valence-electron chi connectivity index (χ3n) is 3.22. The van der Waals surface area contributed by atoms with Crippen LogP contribution in [0.3, 0.4) is 0 Å². The second-order valence-electron chi connectivity index (χ2n) is 4.18. The normalized spacial score (nSPS) is 48.5. The summed E-state index contributed by atoms with van der Waals surface area (Å²) in [6, 6.07) is 0.505. The second-order valence-corrected chi connectivity index (χ2v) is 4.18. The smallest absolute Gasteiger partial charge is 0.107 e. The predicted molar refractivity (Wildman–Crippen MR) is 47.7 cm³/mol. The summed E-state index contributed by atoms with van der Waals surface area (Å²) in [5.41, 5.74) is 0. The molecule has 2 saturated heterocycles. The Bertz CT molecular complexity index is 145. The molecule has 2 aliphatic rings. The Kier molecular flexibility index (Phi) is 2.35. The monoisotopic (exact) mass is 170 g/mol. The minimum Gasteiger partial charge on any atom is -0.378 e. The molecule has 0 radical (unpaired) electrons. The second kappa shape index (κ2) is 3.32. The van der Waals surface area contributed by atoms with E-state index < -0.39 is 0 Å². The molecule has 0 aromatic rings. The lowest BCUT2D eigenvalue weighted by atomic mass is 9.80. The Labute approximate surface area is 73.5 Å². The average Bonchev–Trinajstić information content (AvgIpc) is 2.07. The first-order valence-corrected chi connectivity index (χ1v) is 4.92. The summed E-state index contributed by atoms with van der Waals surface area (Å²) in [6.07, 6.45) is 2.15. The summed E-state index contributed by atoms with van der Waals surface area (Å²) >= 11 is 0. The molecule has 3 heteroatoms. The lowest BCUT2D eigenvalue weighted by molar-refractivity contribution is 0.00528. The molecule has 2 fully saturated rings. The quantitative estimate of drug-likeness (QED) is 0.476. The van der Waals surface area contributed by atoms with Gasteiger partial charge >= 0.3 is 0 Å². The molecule has 70 valence electrons. The highest BCUT2D eigenvalue weighted by molar-refractivity contribution is 4.90. The molecule has 12 heavy (non-hydrogen) atoms. The fourth-order valence-electron chi connectivity index (χ4n) is 2.38. The van der Waals surface area contributed by atoms with Crippen molar-refractivity contribution in [2.24, 2.45) is 11.8 Å². The van der Waals surface area contributed by atoms with E-state index in [1.165, 1.54) is 12.8 Å². The number of aliphatic hydroxyl groups is 1. The van der Waals surface area contributed by atoms with E-state index in [2.05, 4.69) is 17.6 Å². The summed E-state index contributed by atoms with van der Waals surface area (Å²) in [5.74, 6) is 1.20. The van der Waals surface area contributed by atoms with E-state index in [0.717, 1.165) is 19.0 Å². The summed E-state index contributed by atoms with van der Waals surface area (Å²) in [7, 11) is 0. The Morgan fingerprint density at radius 3 is 3.08 bits per heavy atom. The zero-order chi connectivity index (χ0) is 8.55. The lowest BCUT2D eigenvalue weighted by Gasteiger charge is -2.42. The molecule has 4 atom stereocenters. The number of nitrogens with one attached hydrogen (secondary N) is 2. The Morgan fingerprint density at radius 1 is 1.42 bits per heavy atom. The van der Waals surface area contributed by atoms with Gasteiger partial charge < -0.3 is 10.4 Å². The van der Waals surface area contributed by atoms with Crippen molar-refractivity contribution in [2.45, 2.75) is 32.0 Å². The zero-order valence-corrected chi connectivity index (χ0v) is 7.59. The molecular weight excluding hydrogens is 152 g/mol. The van der Waals surface area contributed by atoms with E-state index in [9.17, 15) is 5.11 Å². The van der Waals surface area contributed by atoms with Crippen molar-refractivity contribution in [3.05, 3.63) is 0 Å². The van der Waals surface area contributed by atoms with Crippen molar-refractivity contribution in [1.82, 2.24) is 10.6 Å². The number of piperidine rings is 2. The van der Waals surface area contributed by atoms with Crippen LogP contribution in [0.1, 0.15) is 19.8 Å². The van der Waals surface area contributed by atoms with Crippen LogP contribution in [0.25, 0.3) is 0 Å². The first-order chi connectivity index (χ1) is 5.77. The van der Waals surface area contributed by atoms with Gasteiger partial charge in [-0.15, -0.1) is 0 Å². The SMILES string of the molecule is CC1CC2CCNCC2NC1O. The predicted octanol–water partition coefficient (Wildman–Crippen LogP) is -0.0877. The van der Waals surface area contributed by atoms with E-state index in [0.29, 0.717) is 12.0 Å². The minimum atomic E-state index is -0.286. The summed E-state index contributed by atoms with van der Waals surface area (Å²) in [5, 5.41) is 16.2. The van der Waals surface area contributed by atoms with Gasteiger partial charge in [-0.2, -0.15) is 0 Å². The van der Waals surface area contributed by atoms with Gasteiger partial charge in [-0.05, 0) is 31.2 Å². The molecule has 2 heterocycles. The van der Waals surface area contributed by atoms with Crippen molar-refractivity contribution >= 4 is 0 Å². The molecule has 3 N–H and O–H groups in total. The van der Waals surface area contributed by atoms with Gasteiger partial charge in [0.1, 0.15) is 6.23 Å². The van der Waals surface area contributed by atoms with Crippen LogP contribution in [0.15, 0.2) is 0 Å². The number of fused-ring (bicyclic) bond motifs is 1. The van der Waals surface area contributed by atoms with Gasteiger partial charge in [0.15, 0.2) is 0 Å². The van der Waals surface area contributed by atoms with Crippen molar-refractivity contribution in [3.8, 4) is 0 Å². The average molecular weight is 170 g/mol. The molecule has 0 aromatic carbocycles. The van der Waals surface area contributed by atoms with Crippen molar-refractivity contribution in [1.29, 1.82) is 0 Å². The molecule has 0 spiro atoms. The number of aliphatic hydroxyl groups excluding tert-OH is 1. The van der Waals surface area contributed by atoms with E-state index in [4.69, 9.17) is 0 Å². The van der Waals surface area contributed by atoms with Crippen LogP contribution in [0.2, 0.25) is 0 Å². The molecule has 0 aliphatic carbocycles. The maximum Gasteiger partial charge on any atom is 0.107 e. The van der Waals surface area contributed by atoms with Crippen molar-refractivity contribution in [3.63, 3.8) is 0 Å². The van der Waals surface area contributed by atoms with Crippen LogP contribution in [-0.4, -0.2) is 30.5 Å². The van der Waals surface area contributed by atoms with Crippen LogP contribution in [0, 0.1) is 11.8 Å². The molecule has 3 nitrogen and oxygen atoms in total. The third-order valence-corrected chi connectivity index (χ3v) is 3.22. The van der Waals surface area contributed by atoms with Crippen LogP contribution in [-0.2, 0) is 0 Å². The van der Waals surface area contributed by atoms with Gasteiger partial charge in [0.2, 0.25) is 0 Å². The third kappa shape index (κ3) is 1.49. The van der Waals surface area contributed by atoms with Crippen molar-refractivity contribution < 1.29 is 5.11 Å². The summed E-state index contributed by atoms with van der Waals surface area (Å²) < 4.78 is 0. The fourth-order valence-corrected chi connectivity index (χ4v) is 2.38. The van der Waals surface area contributed by atoms with E-state index in [1.54, 1.807) is 0 Å². The lowest BCUT2D eigenvalue weighted by Crippen LogP contribution is -2.58. The first-order valence-electron chi connectivity index (χ1n) is 4.92.